The van der Waals surface area contributed by atoms with Crippen molar-refractivity contribution in [3.8, 4) is 11.1 Å². The molecule has 0 unspecified atom stereocenters. The van der Waals surface area contributed by atoms with Crippen LogP contribution in [0, 0.1) is 10.1 Å². The monoisotopic (exact) mass is 388 g/mol. The van der Waals surface area contributed by atoms with Crippen molar-refractivity contribution in [2.75, 3.05) is 4.90 Å². The number of carboxylic acid groups (broad SMARTS) is 1. The normalized spacial score (nSPS) is 12.8. The number of hydrogen-bond donors (Lipinski definition) is 1. The van der Waals surface area contributed by atoms with Gasteiger partial charge in [0.1, 0.15) is 0 Å². The molecule has 0 radical (unpaired) electrons. The van der Waals surface area contributed by atoms with Crippen LogP contribution in [-0.4, -0.2) is 27.8 Å². The van der Waals surface area contributed by atoms with E-state index in [0.717, 1.165) is 16.0 Å². The van der Waals surface area contributed by atoms with E-state index in [1.807, 2.05) is 0 Å². The molecule has 0 bridgehead atoms. The first-order valence-corrected chi connectivity index (χ1v) is 8.48. The lowest BCUT2D eigenvalue weighted by molar-refractivity contribution is -0.384. The number of non-ortho nitro benzene ring substituents is 1. The number of nitrogens with zero attached hydrogens (tertiary/aromatic N) is 2. The van der Waals surface area contributed by atoms with Gasteiger partial charge in [-0.15, -0.1) is 0 Å². The number of amides is 2. The maximum absolute atomic E-state index is 12.7. The van der Waals surface area contributed by atoms with E-state index in [1.165, 1.54) is 30.3 Å². The van der Waals surface area contributed by atoms with E-state index in [2.05, 4.69) is 0 Å². The Morgan fingerprint density at radius 2 is 1.38 bits per heavy atom. The molecule has 0 saturated heterocycles. The molecular weight excluding hydrogens is 376 g/mol. The molecule has 3 aromatic carbocycles. The van der Waals surface area contributed by atoms with Crippen LogP contribution in [0.1, 0.15) is 31.1 Å². The van der Waals surface area contributed by atoms with Crippen molar-refractivity contribution in [1.82, 2.24) is 0 Å². The van der Waals surface area contributed by atoms with Gasteiger partial charge in [-0.1, -0.05) is 12.1 Å². The van der Waals surface area contributed by atoms with Crippen LogP contribution in [0.5, 0.6) is 0 Å². The van der Waals surface area contributed by atoms with Crippen molar-refractivity contribution in [3.63, 3.8) is 0 Å². The van der Waals surface area contributed by atoms with Crippen molar-refractivity contribution in [2.45, 2.75) is 0 Å². The number of anilines is 1. The van der Waals surface area contributed by atoms with Gasteiger partial charge in [0.05, 0.1) is 27.3 Å². The zero-order valence-electron chi connectivity index (χ0n) is 14.7. The van der Waals surface area contributed by atoms with Crippen LogP contribution in [0.25, 0.3) is 11.1 Å². The molecular formula is C21H12N2O6. The Bertz CT molecular complexity index is 1180. The van der Waals surface area contributed by atoms with Crippen LogP contribution in [0.4, 0.5) is 11.4 Å². The van der Waals surface area contributed by atoms with E-state index < -0.39 is 22.7 Å². The highest BCUT2D eigenvalue weighted by Crippen LogP contribution is 2.31. The first-order valence-electron chi connectivity index (χ1n) is 8.48. The largest absolute Gasteiger partial charge is 0.478 e. The van der Waals surface area contributed by atoms with Gasteiger partial charge in [-0.05, 0) is 53.6 Å². The minimum atomic E-state index is -1.18. The highest BCUT2D eigenvalue weighted by Gasteiger charge is 2.37. The first kappa shape index (κ1) is 18.1. The summed E-state index contributed by atoms with van der Waals surface area (Å²) in [6, 6.07) is 16.4. The van der Waals surface area contributed by atoms with Gasteiger partial charge in [0.25, 0.3) is 17.5 Å². The lowest BCUT2D eigenvalue weighted by Gasteiger charge is -2.14. The highest BCUT2D eigenvalue weighted by atomic mass is 16.6. The number of carbonyl (C=O) groups excluding carboxylic acids is 2. The molecule has 0 saturated carbocycles. The zero-order chi connectivity index (χ0) is 20.7. The fraction of sp³-hybridized carbons (Fsp3) is 0. The second-order valence-electron chi connectivity index (χ2n) is 6.36. The number of benzene rings is 3. The summed E-state index contributed by atoms with van der Waals surface area (Å²) < 4.78 is 0. The molecule has 1 aliphatic rings. The van der Waals surface area contributed by atoms with Crippen LogP contribution >= 0.6 is 0 Å². The zero-order valence-corrected chi connectivity index (χ0v) is 14.7. The van der Waals surface area contributed by atoms with Gasteiger partial charge in [-0.2, -0.15) is 0 Å². The Balaban J connectivity index is 1.64. The molecule has 0 atom stereocenters. The van der Waals surface area contributed by atoms with Gasteiger partial charge >= 0.3 is 5.97 Å². The highest BCUT2D eigenvalue weighted by molar-refractivity contribution is 6.34. The second kappa shape index (κ2) is 6.68. The maximum atomic E-state index is 12.7. The molecule has 0 aromatic heterocycles. The van der Waals surface area contributed by atoms with E-state index >= 15 is 0 Å². The molecule has 1 N–H and O–H groups in total. The number of rotatable bonds is 4. The molecule has 1 heterocycles. The summed E-state index contributed by atoms with van der Waals surface area (Å²) in [4.78, 5) is 47.7. The quantitative estimate of drug-likeness (QED) is 0.413. The van der Waals surface area contributed by atoms with Gasteiger partial charge < -0.3 is 5.11 Å². The fourth-order valence-corrected chi connectivity index (χ4v) is 3.19. The van der Waals surface area contributed by atoms with Crippen molar-refractivity contribution >= 4 is 29.2 Å². The maximum Gasteiger partial charge on any atom is 0.335 e. The van der Waals surface area contributed by atoms with Crippen molar-refractivity contribution in [2.24, 2.45) is 0 Å². The van der Waals surface area contributed by atoms with E-state index in [1.54, 1.807) is 36.4 Å². The molecule has 1 aliphatic heterocycles. The van der Waals surface area contributed by atoms with Crippen LogP contribution in [0.15, 0.2) is 66.7 Å². The third-order valence-corrected chi connectivity index (χ3v) is 4.67. The Hall–Kier alpha value is -4.33. The summed E-state index contributed by atoms with van der Waals surface area (Å²) in [6.07, 6.45) is 0. The fourth-order valence-electron chi connectivity index (χ4n) is 3.19. The van der Waals surface area contributed by atoms with Gasteiger partial charge in [0.15, 0.2) is 0 Å². The molecule has 0 fully saturated rings. The number of carbonyl (C=O) groups is 3. The molecule has 8 heteroatoms. The van der Waals surface area contributed by atoms with E-state index in [4.69, 9.17) is 5.11 Å². The summed E-state index contributed by atoms with van der Waals surface area (Å²) in [6.45, 7) is 0. The van der Waals surface area contributed by atoms with Crippen LogP contribution in [0.3, 0.4) is 0 Å². The van der Waals surface area contributed by atoms with Crippen molar-refractivity contribution in [3.05, 3.63) is 93.5 Å². The Morgan fingerprint density at radius 3 is 1.93 bits per heavy atom. The van der Waals surface area contributed by atoms with Gasteiger partial charge in [-0.3, -0.25) is 19.7 Å². The number of carboxylic acids is 1. The Kier molecular flexibility index (Phi) is 4.16. The molecule has 4 rings (SSSR count). The number of aromatic carboxylic acids is 1. The average molecular weight is 388 g/mol. The standard InChI is InChI=1S/C21H12N2O6/c24-19-17-10-5-14(21(26)27)11-18(17)20(25)22(19)15-6-1-12(2-7-15)13-3-8-16(9-4-13)23(28)29/h1-11H,(H,26,27). The van der Waals surface area contributed by atoms with Gasteiger partial charge in [0.2, 0.25) is 0 Å². The SMILES string of the molecule is O=C(O)c1ccc2c(c1)C(=O)N(c1ccc(-c3ccc([N+](=O)[O-])cc3)cc1)C2=O. The van der Waals surface area contributed by atoms with Crippen LogP contribution < -0.4 is 4.90 Å². The topological polar surface area (TPSA) is 118 Å². The van der Waals surface area contributed by atoms with Crippen molar-refractivity contribution < 1.29 is 24.4 Å². The van der Waals surface area contributed by atoms with Gasteiger partial charge in [-0.25, -0.2) is 9.69 Å². The number of hydrogen-bond acceptors (Lipinski definition) is 5. The van der Waals surface area contributed by atoms with Crippen molar-refractivity contribution in [1.29, 1.82) is 0 Å². The number of imide groups is 1. The lowest BCUT2D eigenvalue weighted by atomic mass is 10.0. The lowest BCUT2D eigenvalue weighted by Crippen LogP contribution is -2.29. The Morgan fingerprint density at radius 1 is 0.828 bits per heavy atom. The first-order chi connectivity index (χ1) is 13.9. The molecule has 2 amide bonds. The van der Waals surface area contributed by atoms with Gasteiger partial charge in [0, 0.05) is 12.1 Å². The molecule has 142 valence electrons. The molecule has 29 heavy (non-hydrogen) atoms. The van der Waals surface area contributed by atoms with E-state index in [-0.39, 0.29) is 22.4 Å². The molecule has 8 nitrogen and oxygen atoms in total. The third kappa shape index (κ3) is 3.02. The molecule has 3 aromatic rings. The second-order valence-corrected chi connectivity index (χ2v) is 6.36. The predicted molar refractivity (Wildman–Crippen MR) is 103 cm³/mol. The number of nitro groups is 1. The predicted octanol–water partition coefficient (Wildman–Crippen LogP) is 3.76. The average Bonchev–Trinajstić information content (AvgIpc) is 2.98. The minimum absolute atomic E-state index is 0.0166. The van der Waals surface area contributed by atoms with E-state index in [0.29, 0.717) is 5.69 Å². The minimum Gasteiger partial charge on any atom is -0.478 e. The summed E-state index contributed by atoms with van der Waals surface area (Å²) in [7, 11) is 0. The van der Waals surface area contributed by atoms with Crippen LogP contribution in [0.2, 0.25) is 0 Å². The smallest absolute Gasteiger partial charge is 0.335 e. The molecule has 0 aliphatic carbocycles. The number of nitro benzene ring substituents is 1. The summed E-state index contributed by atoms with van der Waals surface area (Å²) >= 11 is 0. The summed E-state index contributed by atoms with van der Waals surface area (Å²) in [5.41, 5.74) is 1.97. The third-order valence-electron chi connectivity index (χ3n) is 4.67. The summed E-state index contributed by atoms with van der Waals surface area (Å²) in [5.74, 6) is -2.29. The van der Waals surface area contributed by atoms with Crippen LogP contribution in [-0.2, 0) is 0 Å². The van der Waals surface area contributed by atoms with E-state index in [9.17, 15) is 24.5 Å². The Labute approximate surface area is 163 Å². The molecule has 0 spiro atoms. The summed E-state index contributed by atoms with van der Waals surface area (Å²) in [5, 5.41) is 19.8. The number of fused-ring (bicyclic) bond motifs is 1.